The van der Waals surface area contributed by atoms with Crippen LogP contribution in [0.2, 0.25) is 0 Å². The average Bonchev–Trinajstić information content (AvgIpc) is 2.72. The van der Waals surface area contributed by atoms with E-state index < -0.39 is 11.8 Å². The molecule has 0 aromatic carbocycles. The van der Waals surface area contributed by atoms with E-state index in [0.717, 1.165) is 19.3 Å². The smallest absolute Gasteiger partial charge is 0.308 e. The SMILES string of the molecule is CCCCC=CCCCCCCCCCC1=C(OC)C(=O)C(C)=C(OC(C)=O)C1=O. The average molecular weight is 419 g/mol. The van der Waals surface area contributed by atoms with Crippen molar-refractivity contribution in [2.45, 2.75) is 97.8 Å². The molecule has 5 nitrogen and oxygen atoms in total. The zero-order valence-corrected chi connectivity index (χ0v) is 19.2. The summed E-state index contributed by atoms with van der Waals surface area (Å²) in [5.41, 5.74) is 0.440. The summed E-state index contributed by atoms with van der Waals surface area (Å²) in [6.45, 7) is 4.91. The number of methoxy groups -OCH3 is 1. The van der Waals surface area contributed by atoms with Gasteiger partial charge in [0, 0.05) is 18.1 Å². The summed E-state index contributed by atoms with van der Waals surface area (Å²) in [7, 11) is 1.39. The monoisotopic (exact) mass is 418 g/mol. The molecule has 0 aromatic heterocycles. The molecule has 0 aliphatic heterocycles. The van der Waals surface area contributed by atoms with Crippen LogP contribution in [0.4, 0.5) is 0 Å². The van der Waals surface area contributed by atoms with E-state index in [4.69, 9.17) is 9.47 Å². The van der Waals surface area contributed by atoms with Crippen LogP contribution >= 0.6 is 0 Å². The molecule has 1 aliphatic rings. The number of carbonyl (C=O) groups is 3. The molecule has 5 heteroatoms. The van der Waals surface area contributed by atoms with Crippen molar-refractivity contribution < 1.29 is 23.9 Å². The lowest BCUT2D eigenvalue weighted by Gasteiger charge is -2.20. The van der Waals surface area contributed by atoms with Crippen molar-refractivity contribution in [1.29, 1.82) is 0 Å². The van der Waals surface area contributed by atoms with Crippen LogP contribution in [0.25, 0.3) is 0 Å². The lowest BCUT2D eigenvalue weighted by Crippen LogP contribution is -2.26. The molecule has 0 amide bonds. The summed E-state index contributed by atoms with van der Waals surface area (Å²) in [6.07, 6.45) is 17.8. The van der Waals surface area contributed by atoms with Crippen molar-refractivity contribution in [1.82, 2.24) is 0 Å². The minimum Gasteiger partial charge on any atom is -0.492 e. The number of esters is 1. The highest BCUT2D eigenvalue weighted by atomic mass is 16.5. The van der Waals surface area contributed by atoms with E-state index in [0.29, 0.717) is 12.0 Å². The van der Waals surface area contributed by atoms with Crippen LogP contribution in [0.3, 0.4) is 0 Å². The number of allylic oxidation sites excluding steroid dienone is 4. The lowest BCUT2D eigenvalue weighted by atomic mass is 9.90. The summed E-state index contributed by atoms with van der Waals surface area (Å²) < 4.78 is 10.2. The Morgan fingerprint density at radius 2 is 1.40 bits per heavy atom. The molecule has 0 N–H and O–H groups in total. The van der Waals surface area contributed by atoms with E-state index in [9.17, 15) is 14.4 Å². The number of hydrogen-bond acceptors (Lipinski definition) is 5. The lowest BCUT2D eigenvalue weighted by molar-refractivity contribution is -0.140. The zero-order chi connectivity index (χ0) is 22.4. The van der Waals surface area contributed by atoms with Crippen molar-refractivity contribution in [2.75, 3.05) is 7.11 Å². The molecule has 0 aromatic rings. The predicted octanol–water partition coefficient (Wildman–Crippen LogP) is 6.13. The molecule has 0 bridgehead atoms. The third-order valence-corrected chi connectivity index (χ3v) is 5.28. The van der Waals surface area contributed by atoms with Crippen LogP contribution < -0.4 is 0 Å². The van der Waals surface area contributed by atoms with E-state index in [1.165, 1.54) is 72.3 Å². The highest BCUT2D eigenvalue weighted by Crippen LogP contribution is 2.29. The summed E-state index contributed by atoms with van der Waals surface area (Å²) in [6, 6.07) is 0. The molecule has 1 aliphatic carbocycles. The molecule has 168 valence electrons. The Labute approximate surface area is 181 Å². The molecule has 0 heterocycles. The number of ether oxygens (including phenoxy) is 2. The van der Waals surface area contributed by atoms with Gasteiger partial charge >= 0.3 is 5.97 Å². The topological polar surface area (TPSA) is 69.7 Å². The van der Waals surface area contributed by atoms with Crippen LogP contribution in [0.15, 0.2) is 34.8 Å². The van der Waals surface area contributed by atoms with E-state index in [2.05, 4.69) is 19.1 Å². The molecule has 0 saturated heterocycles. The molecular weight excluding hydrogens is 380 g/mol. The number of rotatable bonds is 15. The fraction of sp³-hybridized carbons (Fsp3) is 0.640. The Morgan fingerprint density at radius 3 is 1.97 bits per heavy atom. The van der Waals surface area contributed by atoms with Gasteiger partial charge in [0.15, 0.2) is 11.5 Å². The molecule has 0 saturated carbocycles. The Morgan fingerprint density at radius 1 is 0.833 bits per heavy atom. The largest absolute Gasteiger partial charge is 0.492 e. The van der Waals surface area contributed by atoms with Gasteiger partial charge in [-0.05, 0) is 39.0 Å². The summed E-state index contributed by atoms with van der Waals surface area (Å²) in [5, 5.41) is 0. The van der Waals surface area contributed by atoms with E-state index in [1.807, 2.05) is 0 Å². The molecule has 30 heavy (non-hydrogen) atoms. The third kappa shape index (κ3) is 8.68. The maximum absolute atomic E-state index is 12.7. The number of Topliss-reactive ketones (excluding diaryl/α,β-unsaturated/α-hetero) is 2. The second-order valence-electron chi connectivity index (χ2n) is 7.84. The van der Waals surface area contributed by atoms with E-state index in [-0.39, 0.29) is 22.9 Å². The molecule has 0 atom stereocenters. The second kappa shape index (κ2) is 14.8. The first-order chi connectivity index (χ1) is 14.4. The first-order valence-electron chi connectivity index (χ1n) is 11.3. The maximum Gasteiger partial charge on any atom is 0.308 e. The quantitative estimate of drug-likeness (QED) is 0.138. The Balaban J connectivity index is 2.33. The zero-order valence-electron chi connectivity index (χ0n) is 19.2. The van der Waals surface area contributed by atoms with Crippen LogP contribution in [-0.4, -0.2) is 24.6 Å². The molecular formula is C25H38O5. The van der Waals surface area contributed by atoms with Gasteiger partial charge in [-0.25, -0.2) is 0 Å². The number of hydrogen-bond donors (Lipinski definition) is 0. The Hall–Kier alpha value is -2.17. The van der Waals surface area contributed by atoms with E-state index in [1.54, 1.807) is 0 Å². The van der Waals surface area contributed by atoms with E-state index >= 15 is 0 Å². The number of carbonyl (C=O) groups excluding carboxylic acids is 3. The number of ketones is 2. The van der Waals surface area contributed by atoms with Gasteiger partial charge in [0.05, 0.1) is 7.11 Å². The van der Waals surface area contributed by atoms with Crippen molar-refractivity contribution in [3.63, 3.8) is 0 Å². The second-order valence-corrected chi connectivity index (χ2v) is 7.84. The van der Waals surface area contributed by atoms with Gasteiger partial charge < -0.3 is 9.47 Å². The van der Waals surface area contributed by atoms with Gasteiger partial charge in [-0.1, -0.05) is 64.0 Å². The van der Waals surface area contributed by atoms with Crippen molar-refractivity contribution in [3.05, 3.63) is 34.8 Å². The molecule has 0 unspecified atom stereocenters. The molecule has 0 fully saturated rings. The number of unbranched alkanes of at least 4 members (excludes halogenated alkanes) is 9. The first kappa shape index (κ1) is 25.9. The van der Waals surface area contributed by atoms with Crippen LogP contribution in [0, 0.1) is 0 Å². The fourth-order valence-corrected chi connectivity index (χ4v) is 3.54. The van der Waals surface area contributed by atoms with Gasteiger partial charge in [-0.3, -0.25) is 14.4 Å². The summed E-state index contributed by atoms with van der Waals surface area (Å²) >= 11 is 0. The van der Waals surface area contributed by atoms with Crippen molar-refractivity contribution in [2.24, 2.45) is 0 Å². The first-order valence-corrected chi connectivity index (χ1v) is 11.3. The molecule has 1 rings (SSSR count). The third-order valence-electron chi connectivity index (χ3n) is 5.28. The predicted molar refractivity (Wildman–Crippen MR) is 119 cm³/mol. The van der Waals surface area contributed by atoms with Crippen LogP contribution in [0.1, 0.15) is 97.8 Å². The molecule has 0 radical (unpaired) electrons. The Bertz CT molecular complexity index is 682. The van der Waals surface area contributed by atoms with Gasteiger partial charge in [-0.2, -0.15) is 0 Å². The molecule has 0 spiro atoms. The van der Waals surface area contributed by atoms with Crippen molar-refractivity contribution >= 4 is 17.5 Å². The Kier molecular flexibility index (Phi) is 12.7. The van der Waals surface area contributed by atoms with Gasteiger partial charge in [0.1, 0.15) is 0 Å². The minimum atomic E-state index is -0.609. The highest BCUT2D eigenvalue weighted by Gasteiger charge is 2.35. The summed E-state index contributed by atoms with van der Waals surface area (Å²) in [4.78, 5) is 36.4. The maximum atomic E-state index is 12.7. The van der Waals surface area contributed by atoms with Gasteiger partial charge in [0.2, 0.25) is 11.6 Å². The minimum absolute atomic E-state index is 0.0837. The fourth-order valence-electron chi connectivity index (χ4n) is 3.54. The highest BCUT2D eigenvalue weighted by molar-refractivity contribution is 6.23. The standard InChI is InChI=1S/C25H38O5/c1-5-6-7-8-9-10-11-12-13-14-15-16-17-18-21-23(28)24(30-20(3)26)19(2)22(27)25(21)29-4/h8-9H,5-7,10-18H2,1-4H3. The van der Waals surface area contributed by atoms with Crippen LogP contribution in [0.5, 0.6) is 0 Å². The normalized spacial score (nSPS) is 14.8. The van der Waals surface area contributed by atoms with Crippen molar-refractivity contribution in [3.8, 4) is 0 Å². The van der Waals surface area contributed by atoms with Crippen LogP contribution in [-0.2, 0) is 23.9 Å². The van der Waals surface area contributed by atoms with Gasteiger partial charge in [-0.15, -0.1) is 0 Å². The van der Waals surface area contributed by atoms with Gasteiger partial charge in [0.25, 0.3) is 0 Å². The summed E-state index contributed by atoms with van der Waals surface area (Å²) in [5.74, 6) is -1.48.